The molecule has 1 aliphatic rings. The highest BCUT2D eigenvalue weighted by Gasteiger charge is 2.39. The molecule has 8 heteroatoms. The molecule has 178 valence electrons. The maximum absolute atomic E-state index is 13.1. The lowest BCUT2D eigenvalue weighted by molar-refractivity contribution is -0.120. The number of benzene rings is 3. The summed E-state index contributed by atoms with van der Waals surface area (Å²) < 4.78 is 5.56. The third-order valence-corrected chi connectivity index (χ3v) is 5.67. The number of rotatable bonds is 7. The van der Waals surface area contributed by atoms with Crippen LogP contribution in [0.3, 0.4) is 0 Å². The number of carbonyl (C=O) groups excluding carboxylic acids is 3. The van der Waals surface area contributed by atoms with Crippen molar-refractivity contribution in [3.05, 3.63) is 94.1 Å². The Morgan fingerprint density at radius 2 is 1.66 bits per heavy atom. The molecule has 0 fully saturated rings. The first-order valence-corrected chi connectivity index (χ1v) is 11.4. The van der Waals surface area contributed by atoms with E-state index in [1.54, 1.807) is 54.6 Å². The van der Waals surface area contributed by atoms with Crippen LogP contribution in [-0.4, -0.2) is 24.3 Å². The summed E-state index contributed by atoms with van der Waals surface area (Å²) >= 11 is 6.27. The monoisotopic (exact) mass is 489 g/mol. The second-order valence-electron chi connectivity index (χ2n) is 8.07. The van der Waals surface area contributed by atoms with Gasteiger partial charge in [-0.05, 0) is 74.4 Å². The van der Waals surface area contributed by atoms with Gasteiger partial charge in [0.1, 0.15) is 16.5 Å². The van der Waals surface area contributed by atoms with Crippen LogP contribution in [0, 0.1) is 13.8 Å². The van der Waals surface area contributed by atoms with E-state index in [4.69, 9.17) is 16.3 Å². The quantitative estimate of drug-likeness (QED) is 0.434. The Labute approximate surface area is 208 Å². The molecule has 4 rings (SSSR count). The number of nitrogens with zero attached hydrogens (tertiary/aromatic N) is 1. The van der Waals surface area contributed by atoms with Crippen LogP contribution in [0.1, 0.15) is 28.4 Å². The molecule has 0 unspecified atom stereocenters. The summed E-state index contributed by atoms with van der Waals surface area (Å²) in [6, 6.07) is 19.2. The molecule has 1 heterocycles. The Kier molecular flexibility index (Phi) is 6.89. The number of para-hydroxylation sites is 2. The molecule has 0 saturated heterocycles. The van der Waals surface area contributed by atoms with Gasteiger partial charge in [-0.15, -0.1) is 0 Å². The lowest BCUT2D eigenvalue weighted by Gasteiger charge is -2.16. The molecule has 0 atom stereocenters. The Bertz CT molecular complexity index is 1350. The molecule has 0 bridgehead atoms. The van der Waals surface area contributed by atoms with Gasteiger partial charge in [0.25, 0.3) is 17.7 Å². The van der Waals surface area contributed by atoms with Crippen molar-refractivity contribution >= 4 is 46.4 Å². The van der Waals surface area contributed by atoms with Gasteiger partial charge in [0.2, 0.25) is 0 Å². The first-order valence-electron chi connectivity index (χ1n) is 11.1. The van der Waals surface area contributed by atoms with Crippen molar-refractivity contribution < 1.29 is 19.1 Å². The van der Waals surface area contributed by atoms with Gasteiger partial charge in [-0.2, -0.15) is 0 Å². The third kappa shape index (κ3) is 5.05. The van der Waals surface area contributed by atoms with Crippen molar-refractivity contribution in [1.82, 2.24) is 0 Å². The topological polar surface area (TPSA) is 87.7 Å². The molecule has 1 aliphatic heterocycles. The maximum atomic E-state index is 13.1. The highest BCUT2D eigenvalue weighted by molar-refractivity contribution is 6.53. The standard InChI is InChI=1S/C27H24ClN3O4/c1-4-35-22-11-6-5-10-21(22)30-25(32)18-8-7-9-19(15-18)29-24-23(28)26(33)31(27(24)34)20-13-16(2)12-17(3)14-20/h5-15,29H,4H2,1-3H3,(H,30,32). The number of ether oxygens (including phenoxy) is 1. The normalized spacial score (nSPS) is 13.3. The van der Waals surface area contributed by atoms with Crippen LogP contribution < -0.4 is 20.3 Å². The van der Waals surface area contributed by atoms with Crippen molar-refractivity contribution in [1.29, 1.82) is 0 Å². The molecule has 0 radical (unpaired) electrons. The van der Waals surface area contributed by atoms with Crippen LogP contribution in [0.25, 0.3) is 0 Å². The molecule has 7 nitrogen and oxygen atoms in total. The molecule has 3 amide bonds. The highest BCUT2D eigenvalue weighted by Crippen LogP contribution is 2.31. The molecule has 0 saturated carbocycles. The molecule has 3 aromatic carbocycles. The third-order valence-electron chi connectivity index (χ3n) is 5.32. The van der Waals surface area contributed by atoms with E-state index in [-0.39, 0.29) is 16.6 Å². The highest BCUT2D eigenvalue weighted by atomic mass is 35.5. The minimum absolute atomic E-state index is 0.0462. The number of nitrogens with one attached hydrogen (secondary N) is 2. The Morgan fingerprint density at radius 1 is 0.943 bits per heavy atom. The van der Waals surface area contributed by atoms with E-state index in [1.807, 2.05) is 32.9 Å². The summed E-state index contributed by atoms with van der Waals surface area (Å²) in [7, 11) is 0. The molecule has 0 spiro atoms. The van der Waals surface area contributed by atoms with Gasteiger partial charge in [0, 0.05) is 11.3 Å². The van der Waals surface area contributed by atoms with Crippen molar-refractivity contribution in [3.63, 3.8) is 0 Å². The number of hydrogen-bond donors (Lipinski definition) is 2. The number of anilines is 3. The number of carbonyl (C=O) groups is 3. The van der Waals surface area contributed by atoms with E-state index >= 15 is 0 Å². The summed E-state index contributed by atoms with van der Waals surface area (Å²) in [6.07, 6.45) is 0. The number of halogens is 1. The van der Waals surface area contributed by atoms with Crippen LogP contribution in [0.2, 0.25) is 0 Å². The summed E-state index contributed by atoms with van der Waals surface area (Å²) in [5, 5.41) is 5.55. The average Bonchev–Trinajstić information content (AvgIpc) is 3.03. The zero-order chi connectivity index (χ0) is 25.1. The maximum Gasteiger partial charge on any atom is 0.283 e. The van der Waals surface area contributed by atoms with Gasteiger partial charge in [0.15, 0.2) is 0 Å². The second kappa shape index (κ2) is 10.0. The van der Waals surface area contributed by atoms with E-state index < -0.39 is 11.8 Å². The van der Waals surface area contributed by atoms with Gasteiger partial charge in [0.05, 0.1) is 18.0 Å². The van der Waals surface area contributed by atoms with Crippen molar-refractivity contribution in [2.75, 3.05) is 22.1 Å². The Morgan fingerprint density at radius 3 is 2.37 bits per heavy atom. The SMILES string of the molecule is CCOc1ccccc1NC(=O)c1cccc(NC2=C(Cl)C(=O)N(c3cc(C)cc(C)c3)C2=O)c1. The number of aryl methyl sites for hydroxylation is 2. The van der Waals surface area contributed by atoms with Crippen LogP contribution in [0.4, 0.5) is 17.1 Å². The van der Waals surface area contributed by atoms with Crippen molar-refractivity contribution in [2.24, 2.45) is 0 Å². The van der Waals surface area contributed by atoms with E-state index in [9.17, 15) is 14.4 Å². The molecule has 0 aromatic heterocycles. The summed E-state index contributed by atoms with van der Waals surface area (Å²) in [5.41, 5.74) is 3.58. The molecule has 2 N–H and O–H groups in total. The zero-order valence-corrected chi connectivity index (χ0v) is 20.3. The van der Waals surface area contributed by atoms with Crippen molar-refractivity contribution in [2.45, 2.75) is 20.8 Å². The summed E-state index contributed by atoms with van der Waals surface area (Å²) in [5.74, 6) is -0.959. The fraction of sp³-hybridized carbons (Fsp3) is 0.148. The Hall–Kier alpha value is -4.10. The van der Waals surface area contributed by atoms with Gasteiger partial charge in [-0.1, -0.05) is 35.9 Å². The smallest absolute Gasteiger partial charge is 0.283 e. The molecular formula is C27H24ClN3O4. The second-order valence-corrected chi connectivity index (χ2v) is 8.45. The van der Waals surface area contributed by atoms with Crippen LogP contribution >= 0.6 is 11.6 Å². The fourth-order valence-corrected chi connectivity index (χ4v) is 4.07. The lowest BCUT2D eigenvalue weighted by Crippen LogP contribution is -2.32. The number of hydrogen-bond acceptors (Lipinski definition) is 5. The predicted molar refractivity (Wildman–Crippen MR) is 137 cm³/mol. The lowest BCUT2D eigenvalue weighted by atomic mass is 10.1. The van der Waals surface area contributed by atoms with E-state index in [2.05, 4.69) is 10.6 Å². The van der Waals surface area contributed by atoms with Gasteiger partial charge >= 0.3 is 0 Å². The van der Waals surface area contributed by atoms with Gasteiger partial charge in [-0.25, -0.2) is 4.90 Å². The fourth-order valence-electron chi connectivity index (χ4n) is 3.85. The van der Waals surface area contributed by atoms with Crippen LogP contribution in [0.15, 0.2) is 77.5 Å². The molecule has 3 aromatic rings. The number of imide groups is 1. The van der Waals surface area contributed by atoms with Crippen molar-refractivity contribution in [3.8, 4) is 5.75 Å². The van der Waals surface area contributed by atoms with Crippen LogP contribution in [0.5, 0.6) is 5.75 Å². The minimum atomic E-state index is -0.606. The largest absolute Gasteiger partial charge is 0.492 e. The molecule has 0 aliphatic carbocycles. The summed E-state index contributed by atoms with van der Waals surface area (Å²) in [6.45, 7) is 6.11. The van der Waals surface area contributed by atoms with Gasteiger partial charge in [-0.3, -0.25) is 14.4 Å². The Balaban J connectivity index is 1.55. The zero-order valence-electron chi connectivity index (χ0n) is 19.5. The molecule has 35 heavy (non-hydrogen) atoms. The van der Waals surface area contributed by atoms with Crippen LogP contribution in [-0.2, 0) is 9.59 Å². The minimum Gasteiger partial charge on any atom is -0.492 e. The van der Waals surface area contributed by atoms with Gasteiger partial charge < -0.3 is 15.4 Å². The van der Waals surface area contributed by atoms with E-state index in [0.29, 0.717) is 35.0 Å². The predicted octanol–water partition coefficient (Wildman–Crippen LogP) is 5.39. The molecular weight excluding hydrogens is 466 g/mol. The van der Waals surface area contributed by atoms with E-state index in [0.717, 1.165) is 16.0 Å². The first kappa shape index (κ1) is 24.0. The average molecular weight is 490 g/mol. The first-order chi connectivity index (χ1) is 16.8. The summed E-state index contributed by atoms with van der Waals surface area (Å²) in [4.78, 5) is 39.8. The number of amides is 3. The van der Waals surface area contributed by atoms with E-state index in [1.165, 1.54) is 0 Å².